The Morgan fingerprint density at radius 3 is 2.77 bits per heavy atom. The molecule has 0 aliphatic rings. The highest BCUT2D eigenvalue weighted by Gasteiger charge is 2.12. The number of nitrogens with zero attached hydrogens (tertiary/aromatic N) is 3. The van der Waals surface area contributed by atoms with Gasteiger partial charge in [0.25, 0.3) is 5.91 Å². The number of carbonyl (C=O) groups is 1. The quantitative estimate of drug-likeness (QED) is 0.707. The number of carbonyl (C=O) groups excluding carboxylic acids is 1. The SMILES string of the molecule is CC(C)c1nc(CNC(=O)c2ccc(-c3cccc(CO)c3)nc2)no1. The largest absolute Gasteiger partial charge is 0.392 e. The molecule has 2 heterocycles. The van der Waals surface area contributed by atoms with Crippen LogP contribution in [0.25, 0.3) is 11.3 Å². The zero-order chi connectivity index (χ0) is 18.5. The van der Waals surface area contributed by atoms with E-state index in [9.17, 15) is 9.90 Å². The molecule has 1 amide bonds. The summed E-state index contributed by atoms with van der Waals surface area (Å²) in [6.07, 6.45) is 1.52. The van der Waals surface area contributed by atoms with Crippen LogP contribution in [-0.2, 0) is 13.2 Å². The Kier molecular flexibility index (Phi) is 5.38. The van der Waals surface area contributed by atoms with Crippen LogP contribution >= 0.6 is 0 Å². The molecule has 0 saturated heterocycles. The lowest BCUT2D eigenvalue weighted by Crippen LogP contribution is -2.23. The van der Waals surface area contributed by atoms with Crippen LogP contribution in [0.5, 0.6) is 0 Å². The van der Waals surface area contributed by atoms with Crippen LogP contribution in [0.2, 0.25) is 0 Å². The summed E-state index contributed by atoms with van der Waals surface area (Å²) in [5.74, 6) is 0.870. The van der Waals surface area contributed by atoms with Crippen molar-refractivity contribution in [2.45, 2.75) is 32.9 Å². The summed E-state index contributed by atoms with van der Waals surface area (Å²) in [5, 5.41) is 15.8. The molecule has 1 aromatic carbocycles. The Labute approximate surface area is 151 Å². The number of benzene rings is 1. The normalized spacial score (nSPS) is 10.9. The molecule has 7 heteroatoms. The van der Waals surface area contributed by atoms with E-state index in [1.54, 1.807) is 12.1 Å². The third kappa shape index (κ3) is 4.12. The van der Waals surface area contributed by atoms with Crippen molar-refractivity contribution in [2.24, 2.45) is 0 Å². The summed E-state index contributed by atoms with van der Waals surface area (Å²) in [6.45, 7) is 4.08. The fraction of sp³-hybridized carbons (Fsp3) is 0.263. The van der Waals surface area contributed by atoms with Gasteiger partial charge in [0, 0.05) is 17.7 Å². The van der Waals surface area contributed by atoms with Gasteiger partial charge in [-0.2, -0.15) is 4.98 Å². The number of pyridine rings is 1. The first-order chi connectivity index (χ1) is 12.6. The second kappa shape index (κ2) is 7.88. The second-order valence-electron chi connectivity index (χ2n) is 6.18. The average Bonchev–Trinajstić information content (AvgIpc) is 3.16. The minimum Gasteiger partial charge on any atom is -0.392 e. The maximum atomic E-state index is 12.2. The van der Waals surface area contributed by atoms with Gasteiger partial charge in [-0.25, -0.2) is 0 Å². The third-order valence-electron chi connectivity index (χ3n) is 3.82. The van der Waals surface area contributed by atoms with Crippen molar-refractivity contribution >= 4 is 5.91 Å². The Bertz CT molecular complexity index is 888. The Morgan fingerprint density at radius 2 is 2.12 bits per heavy atom. The maximum Gasteiger partial charge on any atom is 0.253 e. The number of amides is 1. The minimum atomic E-state index is -0.260. The van der Waals surface area contributed by atoms with Crippen LogP contribution in [0.15, 0.2) is 47.1 Å². The molecule has 0 fully saturated rings. The summed E-state index contributed by atoms with van der Waals surface area (Å²) in [5.41, 5.74) is 2.87. The zero-order valence-corrected chi connectivity index (χ0v) is 14.6. The number of aliphatic hydroxyl groups excluding tert-OH is 1. The number of aromatic nitrogens is 3. The summed E-state index contributed by atoms with van der Waals surface area (Å²) in [6, 6.07) is 11.0. The predicted molar refractivity (Wildman–Crippen MR) is 95.2 cm³/mol. The van der Waals surface area contributed by atoms with Crippen molar-refractivity contribution in [1.29, 1.82) is 0 Å². The molecule has 0 aliphatic carbocycles. The van der Waals surface area contributed by atoms with Gasteiger partial charge >= 0.3 is 0 Å². The molecular weight excluding hydrogens is 332 g/mol. The summed E-state index contributed by atoms with van der Waals surface area (Å²) in [7, 11) is 0. The topological polar surface area (TPSA) is 101 Å². The van der Waals surface area contributed by atoms with Gasteiger partial charge in [-0.1, -0.05) is 37.2 Å². The molecule has 0 atom stereocenters. The predicted octanol–water partition coefficient (Wildman–Crippen LogP) is 2.68. The Morgan fingerprint density at radius 1 is 1.27 bits per heavy atom. The van der Waals surface area contributed by atoms with Gasteiger partial charge in [0.05, 0.1) is 24.4 Å². The summed E-state index contributed by atoms with van der Waals surface area (Å²) >= 11 is 0. The lowest BCUT2D eigenvalue weighted by atomic mass is 10.1. The van der Waals surface area contributed by atoms with Crippen LogP contribution < -0.4 is 5.32 Å². The van der Waals surface area contributed by atoms with Gasteiger partial charge in [-0.05, 0) is 23.8 Å². The molecule has 0 bridgehead atoms. The lowest BCUT2D eigenvalue weighted by Gasteiger charge is -2.05. The zero-order valence-electron chi connectivity index (χ0n) is 14.6. The number of hydrogen-bond acceptors (Lipinski definition) is 6. The van der Waals surface area contributed by atoms with Crippen LogP contribution in [-0.4, -0.2) is 26.1 Å². The van der Waals surface area contributed by atoms with E-state index >= 15 is 0 Å². The van der Waals surface area contributed by atoms with E-state index in [0.29, 0.717) is 17.3 Å². The second-order valence-corrected chi connectivity index (χ2v) is 6.18. The van der Waals surface area contributed by atoms with Crippen molar-refractivity contribution in [1.82, 2.24) is 20.4 Å². The highest BCUT2D eigenvalue weighted by molar-refractivity contribution is 5.94. The third-order valence-corrected chi connectivity index (χ3v) is 3.82. The van der Waals surface area contributed by atoms with Crippen molar-refractivity contribution in [2.75, 3.05) is 0 Å². The van der Waals surface area contributed by atoms with Crippen molar-refractivity contribution in [3.63, 3.8) is 0 Å². The van der Waals surface area contributed by atoms with Crippen LogP contribution in [0.3, 0.4) is 0 Å². The van der Waals surface area contributed by atoms with Crippen molar-refractivity contribution in [3.05, 3.63) is 65.4 Å². The average molecular weight is 352 g/mol. The first-order valence-corrected chi connectivity index (χ1v) is 8.33. The van der Waals surface area contributed by atoms with E-state index in [1.165, 1.54) is 6.20 Å². The molecule has 0 saturated carbocycles. The number of hydrogen-bond donors (Lipinski definition) is 2. The van der Waals surface area contributed by atoms with E-state index in [4.69, 9.17) is 4.52 Å². The van der Waals surface area contributed by atoms with Gasteiger partial charge < -0.3 is 14.9 Å². The number of aliphatic hydroxyl groups is 1. The smallest absolute Gasteiger partial charge is 0.253 e. The van der Waals surface area contributed by atoms with E-state index in [0.717, 1.165) is 16.8 Å². The molecular formula is C19H20N4O3. The highest BCUT2D eigenvalue weighted by atomic mass is 16.5. The molecule has 3 rings (SSSR count). The van der Waals surface area contributed by atoms with Crippen molar-refractivity contribution < 1.29 is 14.4 Å². The number of rotatable bonds is 6. The lowest BCUT2D eigenvalue weighted by molar-refractivity contribution is 0.0949. The fourth-order valence-corrected chi connectivity index (χ4v) is 2.36. The molecule has 26 heavy (non-hydrogen) atoms. The maximum absolute atomic E-state index is 12.2. The van der Waals surface area contributed by atoms with Gasteiger partial charge in [0.2, 0.25) is 5.89 Å². The van der Waals surface area contributed by atoms with Crippen molar-refractivity contribution in [3.8, 4) is 11.3 Å². The molecule has 0 unspecified atom stereocenters. The van der Waals surface area contributed by atoms with Gasteiger partial charge in [0.15, 0.2) is 5.82 Å². The van der Waals surface area contributed by atoms with E-state index < -0.39 is 0 Å². The molecule has 0 radical (unpaired) electrons. The van der Waals surface area contributed by atoms with E-state index in [-0.39, 0.29) is 25.0 Å². The Balaban J connectivity index is 1.64. The number of nitrogens with one attached hydrogen (secondary N) is 1. The molecule has 134 valence electrons. The van der Waals surface area contributed by atoms with E-state index in [1.807, 2.05) is 38.1 Å². The molecule has 3 aromatic rings. The van der Waals surface area contributed by atoms with Crippen LogP contribution in [0, 0.1) is 0 Å². The Hall–Kier alpha value is -3.06. The monoisotopic (exact) mass is 352 g/mol. The first kappa shape index (κ1) is 17.8. The van der Waals surface area contributed by atoms with Gasteiger partial charge in [-0.3, -0.25) is 9.78 Å². The standard InChI is InChI=1S/C19H20N4O3/c1-12(2)19-22-17(23-26-19)10-21-18(25)15-6-7-16(20-9-15)14-5-3-4-13(8-14)11-24/h3-9,12,24H,10-11H2,1-2H3,(H,21,25). The van der Waals surface area contributed by atoms with E-state index in [2.05, 4.69) is 20.4 Å². The summed E-state index contributed by atoms with van der Waals surface area (Å²) in [4.78, 5) is 20.8. The summed E-state index contributed by atoms with van der Waals surface area (Å²) < 4.78 is 5.11. The molecule has 0 aliphatic heterocycles. The molecule has 0 spiro atoms. The molecule has 7 nitrogen and oxygen atoms in total. The minimum absolute atomic E-state index is 0.0249. The molecule has 2 N–H and O–H groups in total. The van der Waals surface area contributed by atoms with Crippen LogP contribution in [0.1, 0.15) is 47.4 Å². The van der Waals surface area contributed by atoms with Gasteiger partial charge in [0.1, 0.15) is 0 Å². The highest BCUT2D eigenvalue weighted by Crippen LogP contribution is 2.18. The fourth-order valence-electron chi connectivity index (χ4n) is 2.36. The van der Waals surface area contributed by atoms with Gasteiger partial charge in [-0.15, -0.1) is 0 Å². The first-order valence-electron chi connectivity index (χ1n) is 8.33. The molecule has 2 aromatic heterocycles. The van der Waals surface area contributed by atoms with Crippen LogP contribution in [0.4, 0.5) is 0 Å².